The van der Waals surface area contributed by atoms with E-state index < -0.39 is 5.60 Å². The van der Waals surface area contributed by atoms with Crippen LogP contribution in [-0.4, -0.2) is 14.9 Å². The minimum Gasteiger partial charge on any atom is -0.384 e. The lowest BCUT2D eigenvalue weighted by Crippen LogP contribution is -2.24. The first kappa shape index (κ1) is 11.5. The van der Waals surface area contributed by atoms with Crippen molar-refractivity contribution in [3.8, 4) is 0 Å². The molecule has 0 radical (unpaired) electrons. The third kappa shape index (κ3) is 2.25. The molecule has 0 saturated carbocycles. The fourth-order valence-electron chi connectivity index (χ4n) is 1.52. The topological polar surface area (TPSA) is 38.1 Å². The molecule has 1 rings (SSSR count). The fraction of sp³-hybridized carbons (Fsp3) is 0.500. The van der Waals surface area contributed by atoms with E-state index >= 15 is 0 Å². The maximum absolute atomic E-state index is 10.2. The largest absolute Gasteiger partial charge is 0.384 e. The van der Waals surface area contributed by atoms with Gasteiger partial charge >= 0.3 is 0 Å². The second-order valence-corrected chi connectivity index (χ2v) is 4.42. The zero-order valence-electron chi connectivity index (χ0n) is 8.50. The molecule has 0 fully saturated rings. The lowest BCUT2D eigenvalue weighted by atomic mass is 9.96. The van der Waals surface area contributed by atoms with Crippen molar-refractivity contribution in [2.24, 2.45) is 7.05 Å². The highest BCUT2D eigenvalue weighted by molar-refractivity contribution is 9.10. The lowest BCUT2D eigenvalue weighted by Gasteiger charge is -2.23. The van der Waals surface area contributed by atoms with Crippen LogP contribution in [-0.2, 0) is 12.6 Å². The lowest BCUT2D eigenvalue weighted by molar-refractivity contribution is 0.0396. The van der Waals surface area contributed by atoms with Gasteiger partial charge < -0.3 is 5.11 Å². The predicted molar refractivity (Wildman–Crippen MR) is 59.9 cm³/mol. The number of hydrogen-bond acceptors (Lipinski definition) is 2. The summed E-state index contributed by atoms with van der Waals surface area (Å²) in [6.07, 6.45) is 4.93. The van der Waals surface area contributed by atoms with Gasteiger partial charge in [0.1, 0.15) is 5.60 Å². The number of rotatable bonds is 4. The van der Waals surface area contributed by atoms with Gasteiger partial charge in [-0.15, -0.1) is 6.58 Å². The molecular formula is C10H15BrN2O. The zero-order chi connectivity index (χ0) is 10.8. The van der Waals surface area contributed by atoms with Crippen molar-refractivity contribution < 1.29 is 5.11 Å². The average molecular weight is 259 g/mol. The first-order valence-electron chi connectivity index (χ1n) is 4.50. The van der Waals surface area contributed by atoms with Crippen LogP contribution in [0.4, 0.5) is 0 Å². The summed E-state index contributed by atoms with van der Waals surface area (Å²) in [6, 6.07) is 0. The molecule has 0 aliphatic heterocycles. The highest BCUT2D eigenvalue weighted by atomic mass is 79.9. The summed E-state index contributed by atoms with van der Waals surface area (Å²) in [7, 11) is 1.82. The Balaban J connectivity index is 2.96. The second-order valence-electron chi connectivity index (χ2n) is 3.57. The Labute approximate surface area is 92.6 Å². The quantitative estimate of drug-likeness (QED) is 0.843. The molecule has 0 saturated heterocycles. The Bertz CT molecular complexity index is 311. The van der Waals surface area contributed by atoms with E-state index in [9.17, 15) is 5.11 Å². The van der Waals surface area contributed by atoms with E-state index in [0.29, 0.717) is 6.42 Å². The fourth-order valence-corrected chi connectivity index (χ4v) is 2.29. The van der Waals surface area contributed by atoms with E-state index in [-0.39, 0.29) is 0 Å². The number of halogens is 1. The molecule has 78 valence electrons. The summed E-state index contributed by atoms with van der Waals surface area (Å²) in [5.74, 6) is 0. The highest BCUT2D eigenvalue weighted by Gasteiger charge is 2.28. The third-order valence-corrected chi connectivity index (χ3v) is 2.82. The van der Waals surface area contributed by atoms with E-state index in [1.807, 2.05) is 7.05 Å². The van der Waals surface area contributed by atoms with Crippen molar-refractivity contribution in [3.63, 3.8) is 0 Å². The maximum Gasteiger partial charge on any atom is 0.105 e. The van der Waals surface area contributed by atoms with Gasteiger partial charge in [0.2, 0.25) is 0 Å². The van der Waals surface area contributed by atoms with Gasteiger partial charge in [-0.05, 0) is 35.7 Å². The van der Waals surface area contributed by atoms with Gasteiger partial charge in [-0.3, -0.25) is 4.68 Å². The van der Waals surface area contributed by atoms with Gasteiger partial charge in [0.15, 0.2) is 0 Å². The van der Waals surface area contributed by atoms with Crippen molar-refractivity contribution in [1.82, 2.24) is 9.78 Å². The van der Waals surface area contributed by atoms with E-state index in [1.165, 1.54) is 0 Å². The minimum absolute atomic E-state index is 0.647. The predicted octanol–water partition coefficient (Wildman–Crippen LogP) is 2.36. The van der Waals surface area contributed by atoms with Gasteiger partial charge in [0.05, 0.1) is 16.4 Å². The summed E-state index contributed by atoms with van der Waals surface area (Å²) in [5.41, 5.74) is -0.0579. The average Bonchev–Trinajstić information content (AvgIpc) is 2.43. The standard InChI is InChI=1S/C10H15BrN2O/c1-4-5-6-10(2,14)9-8(11)7-12-13(9)3/h4,7,14H,1,5-6H2,2-3H3. The Morgan fingerprint density at radius 3 is 2.86 bits per heavy atom. The molecule has 14 heavy (non-hydrogen) atoms. The molecule has 0 aliphatic carbocycles. The molecular weight excluding hydrogens is 244 g/mol. The number of hydrogen-bond donors (Lipinski definition) is 1. The summed E-state index contributed by atoms with van der Waals surface area (Å²) in [6.45, 7) is 5.43. The Kier molecular flexibility index (Phi) is 3.50. The third-order valence-electron chi connectivity index (χ3n) is 2.24. The van der Waals surface area contributed by atoms with Crippen molar-refractivity contribution in [1.29, 1.82) is 0 Å². The van der Waals surface area contributed by atoms with Gasteiger partial charge in [-0.1, -0.05) is 6.08 Å². The first-order chi connectivity index (χ1) is 6.49. The molecule has 1 aromatic rings. The van der Waals surface area contributed by atoms with Crippen LogP contribution in [0.2, 0.25) is 0 Å². The van der Waals surface area contributed by atoms with Crippen molar-refractivity contribution >= 4 is 15.9 Å². The summed E-state index contributed by atoms with van der Waals surface area (Å²) in [5, 5.41) is 14.3. The number of aromatic nitrogens is 2. The van der Waals surface area contributed by atoms with Crippen molar-refractivity contribution in [2.75, 3.05) is 0 Å². The number of aliphatic hydroxyl groups is 1. The Morgan fingerprint density at radius 1 is 1.79 bits per heavy atom. The van der Waals surface area contributed by atoms with Gasteiger partial charge in [0, 0.05) is 7.05 Å². The normalized spacial score (nSPS) is 15.1. The molecule has 4 heteroatoms. The number of aryl methyl sites for hydroxylation is 1. The molecule has 0 bridgehead atoms. The van der Waals surface area contributed by atoms with Crippen LogP contribution in [0, 0.1) is 0 Å². The first-order valence-corrected chi connectivity index (χ1v) is 5.29. The van der Waals surface area contributed by atoms with Gasteiger partial charge in [-0.2, -0.15) is 5.10 Å². The molecule has 0 aliphatic rings. The minimum atomic E-state index is -0.863. The molecule has 1 unspecified atom stereocenters. The Hall–Kier alpha value is -0.610. The second kappa shape index (κ2) is 4.28. The molecule has 3 nitrogen and oxygen atoms in total. The van der Waals surface area contributed by atoms with E-state index in [1.54, 1.807) is 23.9 Å². The SMILES string of the molecule is C=CCCC(C)(O)c1c(Br)cnn1C. The van der Waals surface area contributed by atoms with Crippen LogP contribution < -0.4 is 0 Å². The smallest absolute Gasteiger partial charge is 0.105 e. The van der Waals surface area contributed by atoms with Gasteiger partial charge in [-0.25, -0.2) is 0 Å². The Morgan fingerprint density at radius 2 is 2.43 bits per heavy atom. The molecule has 0 aromatic carbocycles. The van der Waals surface area contributed by atoms with Crippen molar-refractivity contribution in [2.45, 2.75) is 25.4 Å². The molecule has 0 amide bonds. The molecule has 1 heterocycles. The van der Waals surface area contributed by atoms with Crippen LogP contribution >= 0.6 is 15.9 Å². The van der Waals surface area contributed by atoms with Crippen LogP contribution in [0.25, 0.3) is 0 Å². The van der Waals surface area contributed by atoms with Crippen LogP contribution in [0.3, 0.4) is 0 Å². The molecule has 0 spiro atoms. The van der Waals surface area contributed by atoms with E-state index in [0.717, 1.165) is 16.6 Å². The summed E-state index contributed by atoms with van der Waals surface area (Å²) < 4.78 is 2.53. The van der Waals surface area contributed by atoms with E-state index in [4.69, 9.17) is 0 Å². The number of allylic oxidation sites excluding steroid dienone is 1. The molecule has 1 aromatic heterocycles. The zero-order valence-corrected chi connectivity index (χ0v) is 10.1. The van der Waals surface area contributed by atoms with Gasteiger partial charge in [0.25, 0.3) is 0 Å². The van der Waals surface area contributed by atoms with Crippen LogP contribution in [0.5, 0.6) is 0 Å². The monoisotopic (exact) mass is 258 g/mol. The molecule has 1 atom stereocenters. The van der Waals surface area contributed by atoms with Crippen LogP contribution in [0.1, 0.15) is 25.5 Å². The van der Waals surface area contributed by atoms with E-state index in [2.05, 4.69) is 27.6 Å². The summed E-state index contributed by atoms with van der Waals surface area (Å²) >= 11 is 3.38. The summed E-state index contributed by atoms with van der Waals surface area (Å²) in [4.78, 5) is 0. The van der Waals surface area contributed by atoms with Crippen LogP contribution in [0.15, 0.2) is 23.3 Å². The van der Waals surface area contributed by atoms with Crippen molar-refractivity contribution in [3.05, 3.63) is 29.0 Å². The maximum atomic E-state index is 10.2. The highest BCUT2D eigenvalue weighted by Crippen LogP contribution is 2.31. The molecule has 1 N–H and O–H groups in total. The number of nitrogens with zero attached hydrogens (tertiary/aromatic N) is 2.